The lowest BCUT2D eigenvalue weighted by Gasteiger charge is -2.34. The summed E-state index contributed by atoms with van der Waals surface area (Å²) in [5.41, 5.74) is 3.64. The number of hydrogen-bond donors (Lipinski definition) is 2. The minimum atomic E-state index is -0.479. The van der Waals surface area contributed by atoms with Crippen LogP contribution >= 0.6 is 0 Å². The number of allylic oxidation sites excluding steroid dienone is 3. The second-order valence-corrected chi connectivity index (χ2v) is 7.55. The van der Waals surface area contributed by atoms with E-state index in [1.807, 2.05) is 31.2 Å². The second-order valence-electron chi connectivity index (χ2n) is 7.55. The van der Waals surface area contributed by atoms with Crippen LogP contribution in [0.25, 0.3) is 0 Å². The number of aromatic nitrogens is 1. The van der Waals surface area contributed by atoms with Crippen LogP contribution in [0.4, 0.5) is 5.82 Å². The van der Waals surface area contributed by atoms with E-state index < -0.39 is 5.92 Å². The number of rotatable bonds is 3. The summed E-state index contributed by atoms with van der Waals surface area (Å²) in [5, 5.41) is 6.19. The first-order valence-corrected chi connectivity index (χ1v) is 9.98. The van der Waals surface area contributed by atoms with E-state index in [0.29, 0.717) is 34.9 Å². The van der Waals surface area contributed by atoms with Crippen molar-refractivity contribution >= 4 is 17.5 Å². The smallest absolute Gasteiger partial charge is 0.255 e. The fraction of sp³-hybridized carbons (Fsp3) is 0.261. The molecule has 2 N–H and O–H groups in total. The number of ketones is 1. The van der Waals surface area contributed by atoms with E-state index >= 15 is 0 Å². The number of amides is 1. The van der Waals surface area contributed by atoms with Crippen molar-refractivity contribution in [3.05, 3.63) is 70.7 Å². The Bertz CT molecular complexity index is 1100. The number of ether oxygens (including phenoxy) is 2. The van der Waals surface area contributed by atoms with Crippen LogP contribution in [0.15, 0.2) is 65.1 Å². The first kappa shape index (κ1) is 18.4. The van der Waals surface area contributed by atoms with Gasteiger partial charge in [-0.2, -0.15) is 0 Å². The molecule has 3 heterocycles. The Hall–Kier alpha value is -3.61. The molecule has 2 aromatic rings. The molecule has 1 aromatic carbocycles. The number of fused-ring (bicyclic) bond motifs is 1. The van der Waals surface area contributed by atoms with Gasteiger partial charge in [0.2, 0.25) is 6.79 Å². The summed E-state index contributed by atoms with van der Waals surface area (Å²) in [5.74, 6) is 1.05. The first-order chi connectivity index (χ1) is 14.6. The van der Waals surface area contributed by atoms with Crippen molar-refractivity contribution in [3.8, 4) is 11.5 Å². The van der Waals surface area contributed by atoms with E-state index in [1.165, 1.54) is 0 Å². The molecule has 1 atom stereocenters. The Morgan fingerprint density at radius 1 is 1.17 bits per heavy atom. The van der Waals surface area contributed by atoms with Gasteiger partial charge in [-0.3, -0.25) is 9.59 Å². The van der Waals surface area contributed by atoms with Gasteiger partial charge in [-0.15, -0.1) is 0 Å². The summed E-state index contributed by atoms with van der Waals surface area (Å²) in [7, 11) is 0. The molecule has 1 amide bonds. The van der Waals surface area contributed by atoms with Crippen LogP contribution in [-0.4, -0.2) is 23.5 Å². The Morgan fingerprint density at radius 3 is 2.87 bits per heavy atom. The molecule has 1 aliphatic carbocycles. The number of pyridine rings is 1. The highest BCUT2D eigenvalue weighted by Gasteiger charge is 2.39. The van der Waals surface area contributed by atoms with Gasteiger partial charge in [0.15, 0.2) is 17.3 Å². The van der Waals surface area contributed by atoms with Gasteiger partial charge >= 0.3 is 0 Å². The number of hydrogen-bond acceptors (Lipinski definition) is 6. The predicted octanol–water partition coefficient (Wildman–Crippen LogP) is 3.42. The van der Waals surface area contributed by atoms with Crippen LogP contribution < -0.4 is 20.1 Å². The fourth-order valence-corrected chi connectivity index (χ4v) is 4.33. The van der Waals surface area contributed by atoms with Gasteiger partial charge in [-0.25, -0.2) is 4.98 Å². The standard InChI is InChI=1S/C23H21N3O4/c1-13-20(23(28)26-19-7-2-3-10-24-19)21(22-15(25-13)5-4-6-16(22)27)14-8-9-17-18(11-14)30-12-29-17/h2-3,7-11,21,25H,4-6,12H2,1H3,(H,24,26,28)/t21-/m0/s1. The molecule has 0 bridgehead atoms. The number of carbonyl (C=O) groups excluding carboxylic acids is 2. The van der Waals surface area contributed by atoms with Crippen LogP contribution in [-0.2, 0) is 9.59 Å². The molecule has 7 heteroatoms. The monoisotopic (exact) mass is 403 g/mol. The van der Waals surface area contributed by atoms with Crippen molar-refractivity contribution in [2.75, 3.05) is 12.1 Å². The molecule has 0 saturated carbocycles. The van der Waals surface area contributed by atoms with Gasteiger partial charge in [0, 0.05) is 41.1 Å². The van der Waals surface area contributed by atoms with Gasteiger partial charge in [0.25, 0.3) is 5.91 Å². The number of anilines is 1. The molecule has 0 fully saturated rings. The molecule has 1 aromatic heterocycles. The Morgan fingerprint density at radius 2 is 2.03 bits per heavy atom. The summed E-state index contributed by atoms with van der Waals surface area (Å²) >= 11 is 0. The highest BCUT2D eigenvalue weighted by Crippen LogP contribution is 2.45. The van der Waals surface area contributed by atoms with E-state index in [2.05, 4.69) is 15.6 Å². The van der Waals surface area contributed by atoms with Crippen molar-refractivity contribution in [1.82, 2.24) is 10.3 Å². The summed E-state index contributed by atoms with van der Waals surface area (Å²) in [6, 6.07) is 10.9. The summed E-state index contributed by atoms with van der Waals surface area (Å²) in [4.78, 5) is 30.5. The van der Waals surface area contributed by atoms with Gasteiger partial charge in [-0.05, 0) is 49.6 Å². The minimum Gasteiger partial charge on any atom is -0.454 e. The largest absolute Gasteiger partial charge is 0.454 e. The predicted molar refractivity (Wildman–Crippen MR) is 110 cm³/mol. The summed E-state index contributed by atoms with van der Waals surface area (Å²) < 4.78 is 11.0. The lowest BCUT2D eigenvalue weighted by atomic mass is 9.75. The Kier molecular flexibility index (Phi) is 4.50. The van der Waals surface area contributed by atoms with Crippen molar-refractivity contribution in [1.29, 1.82) is 0 Å². The zero-order valence-corrected chi connectivity index (χ0v) is 16.5. The van der Waals surface area contributed by atoms with E-state index in [0.717, 1.165) is 29.8 Å². The number of dihydropyridines is 1. The normalized spacial score (nSPS) is 20.0. The fourth-order valence-electron chi connectivity index (χ4n) is 4.33. The Balaban J connectivity index is 1.60. The van der Waals surface area contributed by atoms with Crippen LogP contribution in [0.1, 0.15) is 37.7 Å². The topological polar surface area (TPSA) is 89.6 Å². The molecule has 0 radical (unpaired) electrons. The zero-order chi connectivity index (χ0) is 20.7. The quantitative estimate of drug-likeness (QED) is 0.816. The van der Waals surface area contributed by atoms with Gasteiger partial charge in [0.05, 0.1) is 0 Å². The van der Waals surface area contributed by atoms with E-state index in [9.17, 15) is 9.59 Å². The van der Waals surface area contributed by atoms with Gasteiger partial charge in [-0.1, -0.05) is 12.1 Å². The maximum Gasteiger partial charge on any atom is 0.255 e. The highest BCUT2D eigenvalue weighted by atomic mass is 16.7. The number of nitrogens with zero attached hydrogens (tertiary/aromatic N) is 1. The molecule has 3 aliphatic rings. The lowest BCUT2D eigenvalue weighted by Crippen LogP contribution is -2.35. The van der Waals surface area contributed by atoms with E-state index in [-0.39, 0.29) is 18.5 Å². The van der Waals surface area contributed by atoms with Crippen molar-refractivity contribution in [3.63, 3.8) is 0 Å². The summed E-state index contributed by atoms with van der Waals surface area (Å²) in [6.07, 6.45) is 3.70. The van der Waals surface area contributed by atoms with Crippen LogP contribution in [0.3, 0.4) is 0 Å². The van der Waals surface area contributed by atoms with Gasteiger partial charge < -0.3 is 20.1 Å². The van der Waals surface area contributed by atoms with Crippen LogP contribution in [0.5, 0.6) is 11.5 Å². The maximum atomic E-state index is 13.3. The number of carbonyl (C=O) groups is 2. The highest BCUT2D eigenvalue weighted by molar-refractivity contribution is 6.09. The third kappa shape index (κ3) is 3.12. The van der Waals surface area contributed by atoms with Gasteiger partial charge in [0.1, 0.15) is 5.82 Å². The minimum absolute atomic E-state index is 0.0713. The zero-order valence-electron chi connectivity index (χ0n) is 16.5. The van der Waals surface area contributed by atoms with Crippen molar-refractivity contribution < 1.29 is 19.1 Å². The van der Waals surface area contributed by atoms with E-state index in [1.54, 1.807) is 18.3 Å². The molecule has 0 saturated heterocycles. The van der Waals surface area contributed by atoms with Crippen molar-refractivity contribution in [2.24, 2.45) is 0 Å². The summed E-state index contributed by atoms with van der Waals surface area (Å²) in [6.45, 7) is 2.04. The molecule has 0 unspecified atom stereocenters. The SMILES string of the molecule is CC1=C(C(=O)Nc2ccccn2)[C@H](c2ccc3c(c2)OCO3)C2=C(CCCC2=O)N1. The molecule has 7 nitrogen and oxygen atoms in total. The molecule has 2 aliphatic heterocycles. The average Bonchev–Trinajstić information content (AvgIpc) is 3.21. The van der Waals surface area contributed by atoms with Crippen molar-refractivity contribution in [2.45, 2.75) is 32.1 Å². The van der Waals surface area contributed by atoms with Crippen LogP contribution in [0, 0.1) is 0 Å². The lowest BCUT2D eigenvalue weighted by molar-refractivity contribution is -0.116. The molecule has 30 heavy (non-hydrogen) atoms. The third-order valence-corrected chi connectivity index (χ3v) is 5.66. The maximum absolute atomic E-state index is 13.3. The van der Waals surface area contributed by atoms with E-state index in [4.69, 9.17) is 9.47 Å². The molecular formula is C23H21N3O4. The third-order valence-electron chi connectivity index (χ3n) is 5.66. The first-order valence-electron chi connectivity index (χ1n) is 9.98. The number of nitrogens with one attached hydrogen (secondary N) is 2. The van der Waals surface area contributed by atoms with Crippen LogP contribution in [0.2, 0.25) is 0 Å². The number of benzene rings is 1. The molecule has 0 spiro atoms. The second kappa shape index (κ2) is 7.33. The molecule has 152 valence electrons. The Labute approximate surface area is 173 Å². The molecular weight excluding hydrogens is 382 g/mol. The molecule has 5 rings (SSSR count). The average molecular weight is 403 g/mol. The number of Topliss-reactive ketones (excluding diaryl/α,β-unsaturated/α-hetero) is 1.